The van der Waals surface area contributed by atoms with Gasteiger partial charge in [-0.3, -0.25) is 4.57 Å². The van der Waals surface area contributed by atoms with E-state index in [0.717, 1.165) is 24.0 Å². The first-order valence-corrected chi connectivity index (χ1v) is 9.25. The van der Waals surface area contributed by atoms with E-state index in [-0.39, 0.29) is 5.28 Å². The third-order valence-corrected chi connectivity index (χ3v) is 4.88. The van der Waals surface area contributed by atoms with Gasteiger partial charge in [-0.05, 0) is 71.2 Å². The summed E-state index contributed by atoms with van der Waals surface area (Å²) in [5.74, 6) is 0.668. The van der Waals surface area contributed by atoms with Crippen molar-refractivity contribution in [3.63, 3.8) is 0 Å². The van der Waals surface area contributed by atoms with Crippen LogP contribution in [-0.2, 0) is 6.54 Å². The van der Waals surface area contributed by atoms with E-state index in [2.05, 4.69) is 67.1 Å². The van der Waals surface area contributed by atoms with Gasteiger partial charge in [0.05, 0.1) is 0 Å². The number of hydrogen-bond acceptors (Lipinski definition) is 4. The molecule has 5 nitrogen and oxygen atoms in total. The van der Waals surface area contributed by atoms with E-state index < -0.39 is 0 Å². The average molecular weight is 452 g/mol. The Bertz CT molecular complexity index is 934. The Labute approximate surface area is 158 Å². The monoisotopic (exact) mass is 451 g/mol. The minimum absolute atomic E-state index is 0.230. The molecule has 0 radical (unpaired) electrons. The number of hydrogen-bond donors (Lipinski definition) is 1. The molecular formula is C17H15ClIN5. The van der Waals surface area contributed by atoms with Crippen LogP contribution in [0.15, 0.2) is 36.7 Å². The van der Waals surface area contributed by atoms with Crippen molar-refractivity contribution in [2.24, 2.45) is 0 Å². The molecule has 1 N–H and O–H groups in total. The first-order chi connectivity index (χ1) is 11.7. The van der Waals surface area contributed by atoms with E-state index >= 15 is 0 Å². The molecule has 0 bridgehead atoms. The number of imidazole rings is 1. The van der Waals surface area contributed by atoms with E-state index in [1.165, 1.54) is 21.3 Å². The molecule has 0 aliphatic heterocycles. The second kappa shape index (κ2) is 6.68. The zero-order valence-corrected chi connectivity index (χ0v) is 15.8. The second-order valence-corrected chi connectivity index (χ2v) is 7.28. The molecule has 7 heteroatoms. The quantitative estimate of drug-likeness (QED) is 0.461. The highest BCUT2D eigenvalue weighted by Gasteiger charge is 2.16. The zero-order valence-electron chi connectivity index (χ0n) is 12.8. The molecular weight excluding hydrogens is 437 g/mol. The summed E-state index contributed by atoms with van der Waals surface area (Å²) < 4.78 is 3.22. The number of benzene rings is 1. The Morgan fingerprint density at radius 1 is 1.29 bits per heavy atom. The van der Waals surface area contributed by atoms with Crippen LogP contribution in [0.3, 0.4) is 0 Å². The Kier molecular flexibility index (Phi) is 4.41. The maximum Gasteiger partial charge on any atom is 0.226 e. The molecule has 2 aromatic heterocycles. The van der Waals surface area contributed by atoms with Gasteiger partial charge in [0.1, 0.15) is 6.33 Å². The zero-order chi connectivity index (χ0) is 16.5. The van der Waals surface area contributed by atoms with Crippen LogP contribution >= 0.6 is 34.2 Å². The fourth-order valence-corrected chi connectivity index (χ4v) is 3.68. The van der Waals surface area contributed by atoms with Gasteiger partial charge in [-0.2, -0.15) is 9.97 Å². The lowest BCUT2D eigenvalue weighted by Crippen LogP contribution is -2.04. The summed E-state index contributed by atoms with van der Waals surface area (Å²) in [5, 5.41) is 3.57. The number of halogens is 2. The Morgan fingerprint density at radius 3 is 3.00 bits per heavy atom. The number of nitrogens with one attached hydrogen (secondary N) is 1. The van der Waals surface area contributed by atoms with E-state index in [0.29, 0.717) is 12.4 Å². The predicted octanol–water partition coefficient (Wildman–Crippen LogP) is 4.72. The third kappa shape index (κ3) is 3.12. The molecule has 0 atom stereocenters. The average Bonchev–Trinajstić information content (AvgIpc) is 3.21. The number of rotatable bonds is 4. The van der Waals surface area contributed by atoms with Crippen molar-refractivity contribution in [1.29, 1.82) is 0 Å². The lowest BCUT2D eigenvalue weighted by Gasteiger charge is -2.08. The summed E-state index contributed by atoms with van der Waals surface area (Å²) >= 11 is 8.45. The van der Waals surface area contributed by atoms with Crippen molar-refractivity contribution in [2.45, 2.75) is 25.8 Å². The Balaban J connectivity index is 1.68. The van der Waals surface area contributed by atoms with E-state index in [1.54, 1.807) is 0 Å². The SMILES string of the molecule is Clc1nc(NCc2cccc(I)c2)c2ncn(C3=CCCC3)c2n1. The van der Waals surface area contributed by atoms with Crippen LogP contribution in [-0.4, -0.2) is 19.5 Å². The van der Waals surface area contributed by atoms with Gasteiger partial charge >= 0.3 is 0 Å². The third-order valence-electron chi connectivity index (χ3n) is 4.04. The molecule has 122 valence electrons. The summed E-state index contributed by atoms with van der Waals surface area (Å²) in [6, 6.07) is 8.33. The molecule has 3 aromatic rings. The first-order valence-electron chi connectivity index (χ1n) is 7.79. The predicted molar refractivity (Wildman–Crippen MR) is 105 cm³/mol. The van der Waals surface area contributed by atoms with Crippen molar-refractivity contribution in [3.05, 3.63) is 51.1 Å². The molecule has 4 rings (SSSR count). The van der Waals surface area contributed by atoms with Crippen LogP contribution in [0.2, 0.25) is 5.28 Å². The number of aromatic nitrogens is 4. The van der Waals surface area contributed by atoms with E-state index in [1.807, 2.05) is 17.0 Å². The molecule has 0 saturated carbocycles. The lowest BCUT2D eigenvalue weighted by atomic mass is 10.2. The van der Waals surface area contributed by atoms with Crippen molar-refractivity contribution >= 4 is 56.9 Å². The summed E-state index contributed by atoms with van der Waals surface area (Å²) in [7, 11) is 0. The van der Waals surface area contributed by atoms with E-state index in [4.69, 9.17) is 11.6 Å². The van der Waals surface area contributed by atoms with Crippen LogP contribution in [0.25, 0.3) is 16.9 Å². The highest BCUT2D eigenvalue weighted by atomic mass is 127. The van der Waals surface area contributed by atoms with Gasteiger partial charge in [0, 0.05) is 15.8 Å². The molecule has 0 unspecified atom stereocenters. The highest BCUT2D eigenvalue weighted by molar-refractivity contribution is 14.1. The number of fused-ring (bicyclic) bond motifs is 1. The topological polar surface area (TPSA) is 55.6 Å². The highest BCUT2D eigenvalue weighted by Crippen LogP contribution is 2.28. The molecule has 0 amide bonds. The lowest BCUT2D eigenvalue weighted by molar-refractivity contribution is 0.907. The van der Waals surface area contributed by atoms with Crippen LogP contribution < -0.4 is 5.32 Å². The standard InChI is InChI=1S/C17H15ClIN5/c18-17-22-15(20-9-11-4-3-5-12(19)8-11)14-16(23-17)24(10-21-14)13-6-1-2-7-13/h3-6,8,10H,1-2,7,9H2,(H,20,22,23). The van der Waals surface area contributed by atoms with Crippen LogP contribution in [0.1, 0.15) is 24.8 Å². The minimum atomic E-state index is 0.230. The number of anilines is 1. The molecule has 1 aliphatic rings. The maximum atomic E-state index is 6.14. The van der Waals surface area contributed by atoms with Crippen LogP contribution in [0.4, 0.5) is 5.82 Å². The molecule has 0 saturated heterocycles. The van der Waals surface area contributed by atoms with Crippen molar-refractivity contribution < 1.29 is 0 Å². The molecule has 24 heavy (non-hydrogen) atoms. The van der Waals surface area contributed by atoms with Gasteiger partial charge in [-0.15, -0.1) is 0 Å². The van der Waals surface area contributed by atoms with Gasteiger partial charge in [0.15, 0.2) is 17.0 Å². The molecule has 0 fully saturated rings. The second-order valence-electron chi connectivity index (χ2n) is 5.70. The summed E-state index contributed by atoms with van der Waals surface area (Å²) in [6.45, 7) is 0.662. The van der Waals surface area contributed by atoms with Gasteiger partial charge in [-0.25, -0.2) is 4.98 Å². The van der Waals surface area contributed by atoms with E-state index in [9.17, 15) is 0 Å². The molecule has 2 heterocycles. The van der Waals surface area contributed by atoms with Crippen LogP contribution in [0, 0.1) is 3.57 Å². The minimum Gasteiger partial charge on any atom is -0.364 e. The summed E-state index contributed by atoms with van der Waals surface area (Å²) in [6.07, 6.45) is 7.36. The van der Waals surface area contributed by atoms with Gasteiger partial charge in [-0.1, -0.05) is 18.2 Å². The number of nitrogens with zero attached hydrogens (tertiary/aromatic N) is 4. The van der Waals surface area contributed by atoms with Crippen molar-refractivity contribution in [2.75, 3.05) is 5.32 Å². The van der Waals surface area contributed by atoms with Crippen molar-refractivity contribution in [3.8, 4) is 0 Å². The maximum absolute atomic E-state index is 6.14. The molecule has 1 aromatic carbocycles. The Hall–Kier alpha value is -1.67. The van der Waals surface area contributed by atoms with Gasteiger partial charge in [0.25, 0.3) is 0 Å². The smallest absolute Gasteiger partial charge is 0.226 e. The normalized spacial score (nSPS) is 14.2. The number of allylic oxidation sites excluding steroid dienone is 2. The van der Waals surface area contributed by atoms with Gasteiger partial charge < -0.3 is 5.32 Å². The Morgan fingerprint density at radius 2 is 2.21 bits per heavy atom. The van der Waals surface area contributed by atoms with Gasteiger partial charge in [0.2, 0.25) is 5.28 Å². The molecule has 0 spiro atoms. The van der Waals surface area contributed by atoms with Crippen LogP contribution in [0.5, 0.6) is 0 Å². The fourth-order valence-electron chi connectivity index (χ4n) is 2.91. The summed E-state index contributed by atoms with van der Waals surface area (Å²) in [5.41, 5.74) is 3.92. The largest absolute Gasteiger partial charge is 0.364 e. The summed E-state index contributed by atoms with van der Waals surface area (Å²) in [4.78, 5) is 13.2. The first kappa shape index (κ1) is 15.8. The fraction of sp³-hybridized carbons (Fsp3) is 0.235. The van der Waals surface area contributed by atoms with Crippen molar-refractivity contribution in [1.82, 2.24) is 19.5 Å². The molecule has 1 aliphatic carbocycles.